The summed E-state index contributed by atoms with van der Waals surface area (Å²) in [5.41, 5.74) is 3.13. The molecule has 0 spiro atoms. The van der Waals surface area contributed by atoms with E-state index >= 15 is 0 Å². The van der Waals surface area contributed by atoms with E-state index in [4.69, 9.17) is 19.3 Å². The van der Waals surface area contributed by atoms with Gasteiger partial charge >= 0.3 is 6.09 Å². The van der Waals surface area contributed by atoms with E-state index in [1.165, 1.54) is 4.90 Å². The van der Waals surface area contributed by atoms with Crippen LogP contribution in [0.15, 0.2) is 31.0 Å². The molecule has 3 heterocycles. The van der Waals surface area contributed by atoms with E-state index in [1.807, 2.05) is 38.6 Å². The van der Waals surface area contributed by atoms with E-state index in [0.29, 0.717) is 19.0 Å². The normalized spacial score (nSPS) is 16.3. The van der Waals surface area contributed by atoms with Crippen molar-refractivity contribution in [3.05, 3.63) is 36.7 Å². The zero-order valence-electron chi connectivity index (χ0n) is 21.3. The molecule has 1 aromatic carbocycles. The summed E-state index contributed by atoms with van der Waals surface area (Å²) in [7, 11) is 3.53. The molecule has 35 heavy (non-hydrogen) atoms. The van der Waals surface area contributed by atoms with Gasteiger partial charge in [0, 0.05) is 26.1 Å². The average molecular weight is 482 g/mol. The minimum Gasteiger partial charge on any atom is -0.476 e. The van der Waals surface area contributed by atoms with Crippen molar-refractivity contribution in [2.45, 2.75) is 51.9 Å². The molecular formula is C26H35N5O4. The highest BCUT2D eigenvalue weighted by molar-refractivity contribution is 5.91. The van der Waals surface area contributed by atoms with Crippen LogP contribution in [0.2, 0.25) is 0 Å². The van der Waals surface area contributed by atoms with Crippen molar-refractivity contribution in [3.8, 4) is 17.0 Å². The van der Waals surface area contributed by atoms with Gasteiger partial charge in [-0.1, -0.05) is 12.6 Å². The SMILES string of the molecule is C=Cc1nn(C2CCCCO2)c2ccc(-c3cnn(C)c3OCCN(C)C(=O)OC(C)(C)C)cc12. The Morgan fingerprint density at radius 1 is 1.34 bits per heavy atom. The van der Waals surface area contributed by atoms with Crippen LogP contribution in [0.5, 0.6) is 5.88 Å². The molecule has 188 valence electrons. The van der Waals surface area contributed by atoms with Crippen molar-refractivity contribution < 1.29 is 19.0 Å². The fourth-order valence-electron chi connectivity index (χ4n) is 4.13. The third kappa shape index (κ3) is 5.51. The zero-order chi connectivity index (χ0) is 25.2. The van der Waals surface area contributed by atoms with Gasteiger partial charge in [-0.15, -0.1) is 0 Å². The molecule has 0 aliphatic carbocycles. The molecular weight excluding hydrogens is 446 g/mol. The van der Waals surface area contributed by atoms with Crippen molar-refractivity contribution in [2.75, 3.05) is 26.8 Å². The van der Waals surface area contributed by atoms with Crippen molar-refractivity contribution in [2.24, 2.45) is 7.05 Å². The molecule has 1 unspecified atom stereocenters. The summed E-state index contributed by atoms with van der Waals surface area (Å²) in [6.45, 7) is 10.9. The van der Waals surface area contributed by atoms with Gasteiger partial charge in [0.2, 0.25) is 5.88 Å². The Morgan fingerprint density at radius 3 is 2.83 bits per heavy atom. The van der Waals surface area contributed by atoms with Gasteiger partial charge in [0.1, 0.15) is 12.2 Å². The van der Waals surface area contributed by atoms with Crippen molar-refractivity contribution in [1.82, 2.24) is 24.5 Å². The summed E-state index contributed by atoms with van der Waals surface area (Å²) in [4.78, 5) is 13.7. The quantitative estimate of drug-likeness (QED) is 0.471. The van der Waals surface area contributed by atoms with Gasteiger partial charge in [0.25, 0.3) is 0 Å². The molecule has 1 saturated heterocycles. The third-order valence-corrected chi connectivity index (χ3v) is 5.92. The minimum atomic E-state index is -0.540. The Kier molecular flexibility index (Phi) is 7.16. The summed E-state index contributed by atoms with van der Waals surface area (Å²) in [6, 6.07) is 6.21. The highest BCUT2D eigenvalue weighted by atomic mass is 16.6. The maximum atomic E-state index is 12.2. The summed E-state index contributed by atoms with van der Waals surface area (Å²) < 4.78 is 21.1. The Labute approximate surface area is 206 Å². The molecule has 0 radical (unpaired) electrons. The molecule has 2 aromatic heterocycles. The second kappa shape index (κ2) is 10.1. The van der Waals surface area contributed by atoms with Gasteiger partial charge in [0.05, 0.1) is 29.5 Å². The maximum Gasteiger partial charge on any atom is 0.410 e. The van der Waals surface area contributed by atoms with Gasteiger partial charge in [-0.05, 0) is 63.8 Å². The number of carbonyl (C=O) groups is 1. The number of ether oxygens (including phenoxy) is 3. The highest BCUT2D eigenvalue weighted by Crippen LogP contribution is 2.35. The molecule has 0 saturated carbocycles. The van der Waals surface area contributed by atoms with E-state index in [2.05, 4.69) is 23.8 Å². The van der Waals surface area contributed by atoms with E-state index in [-0.39, 0.29) is 12.3 Å². The van der Waals surface area contributed by atoms with E-state index in [9.17, 15) is 4.79 Å². The smallest absolute Gasteiger partial charge is 0.410 e. The first-order valence-electron chi connectivity index (χ1n) is 12.0. The molecule has 9 heteroatoms. The maximum absolute atomic E-state index is 12.2. The molecule has 0 bridgehead atoms. The largest absolute Gasteiger partial charge is 0.476 e. The lowest BCUT2D eigenvalue weighted by atomic mass is 10.1. The number of benzene rings is 1. The van der Waals surface area contributed by atoms with Crippen LogP contribution in [-0.2, 0) is 16.5 Å². The van der Waals surface area contributed by atoms with Crippen LogP contribution in [0.4, 0.5) is 4.79 Å². The highest BCUT2D eigenvalue weighted by Gasteiger charge is 2.22. The molecule has 1 aliphatic rings. The first kappa shape index (κ1) is 24.8. The van der Waals surface area contributed by atoms with Crippen LogP contribution >= 0.6 is 0 Å². The van der Waals surface area contributed by atoms with Gasteiger partial charge in [-0.2, -0.15) is 10.2 Å². The number of fused-ring (bicyclic) bond motifs is 1. The molecule has 3 aromatic rings. The van der Waals surface area contributed by atoms with E-state index in [1.54, 1.807) is 24.0 Å². The van der Waals surface area contributed by atoms with Gasteiger partial charge in [-0.25, -0.2) is 14.2 Å². The standard InChI is InChI=1S/C26H35N5O4/c1-7-21-19-16-18(11-12-22(19)31(28-21)23-10-8-9-14-33-23)20-17-27-30(6)24(20)34-15-13-29(5)25(32)35-26(2,3)4/h7,11-12,16-17,23H,1,8-10,13-15H2,2-6H3. The molecule has 0 N–H and O–H groups in total. The van der Waals surface area contributed by atoms with Crippen molar-refractivity contribution in [3.63, 3.8) is 0 Å². The molecule has 4 rings (SSSR count). The number of likely N-dealkylation sites (N-methyl/N-ethyl adjacent to an activating group) is 1. The summed E-state index contributed by atoms with van der Waals surface area (Å²) in [5.74, 6) is 0.630. The Bertz CT molecular complexity index is 1200. The van der Waals surface area contributed by atoms with Crippen LogP contribution in [0.25, 0.3) is 28.1 Å². The predicted octanol–water partition coefficient (Wildman–Crippen LogP) is 5.02. The number of carbonyl (C=O) groups excluding carboxylic acids is 1. The lowest BCUT2D eigenvalue weighted by Crippen LogP contribution is -2.36. The first-order chi connectivity index (χ1) is 16.7. The molecule has 1 aliphatic heterocycles. The Hall–Kier alpha value is -3.33. The second-order valence-electron chi connectivity index (χ2n) is 9.82. The summed E-state index contributed by atoms with van der Waals surface area (Å²) in [6.07, 6.45) is 6.30. The predicted molar refractivity (Wildman–Crippen MR) is 135 cm³/mol. The fourth-order valence-corrected chi connectivity index (χ4v) is 4.13. The number of aryl methyl sites for hydroxylation is 1. The number of rotatable bonds is 7. The minimum absolute atomic E-state index is 0.0509. The Morgan fingerprint density at radius 2 is 2.14 bits per heavy atom. The first-order valence-corrected chi connectivity index (χ1v) is 12.0. The van der Waals surface area contributed by atoms with E-state index < -0.39 is 5.60 Å². The van der Waals surface area contributed by atoms with E-state index in [0.717, 1.165) is 53.6 Å². The van der Waals surface area contributed by atoms with Crippen molar-refractivity contribution >= 4 is 23.1 Å². The Balaban J connectivity index is 1.54. The van der Waals surface area contributed by atoms with Gasteiger partial charge < -0.3 is 19.1 Å². The summed E-state index contributed by atoms with van der Waals surface area (Å²) >= 11 is 0. The van der Waals surface area contributed by atoms with Crippen LogP contribution in [0.1, 0.15) is 52.0 Å². The number of amides is 1. The van der Waals surface area contributed by atoms with Crippen LogP contribution < -0.4 is 4.74 Å². The van der Waals surface area contributed by atoms with Gasteiger partial charge in [-0.3, -0.25) is 0 Å². The number of aromatic nitrogens is 4. The zero-order valence-corrected chi connectivity index (χ0v) is 21.3. The van der Waals surface area contributed by atoms with Gasteiger partial charge in [0.15, 0.2) is 6.23 Å². The topological polar surface area (TPSA) is 83.6 Å². The fraction of sp³-hybridized carbons (Fsp3) is 0.500. The monoisotopic (exact) mass is 481 g/mol. The van der Waals surface area contributed by atoms with Crippen LogP contribution in [0, 0.1) is 0 Å². The summed E-state index contributed by atoms with van der Waals surface area (Å²) in [5, 5.41) is 10.2. The molecule has 9 nitrogen and oxygen atoms in total. The third-order valence-electron chi connectivity index (χ3n) is 5.92. The molecule has 1 fully saturated rings. The number of hydrogen-bond donors (Lipinski definition) is 0. The van der Waals surface area contributed by atoms with Crippen LogP contribution in [0.3, 0.4) is 0 Å². The lowest BCUT2D eigenvalue weighted by Gasteiger charge is -2.24. The molecule has 1 amide bonds. The number of nitrogens with zero attached hydrogens (tertiary/aromatic N) is 5. The molecule has 1 atom stereocenters. The number of hydrogen-bond acceptors (Lipinski definition) is 6. The van der Waals surface area contributed by atoms with Crippen LogP contribution in [-0.4, -0.2) is 63.0 Å². The van der Waals surface area contributed by atoms with Crippen molar-refractivity contribution in [1.29, 1.82) is 0 Å². The average Bonchev–Trinajstić information content (AvgIpc) is 3.38. The second-order valence-corrected chi connectivity index (χ2v) is 9.82. The lowest BCUT2D eigenvalue weighted by molar-refractivity contribution is -0.0367.